The number of hydrogen-bond donors (Lipinski definition) is 4. The fourth-order valence-corrected chi connectivity index (χ4v) is 1.08. The number of amides is 1. The van der Waals surface area contributed by atoms with E-state index in [9.17, 15) is 9.59 Å². The minimum atomic E-state index is -1.56. The van der Waals surface area contributed by atoms with Crippen LogP contribution in [0.2, 0.25) is 0 Å². The van der Waals surface area contributed by atoms with Gasteiger partial charge in [-0.15, -0.1) is 0 Å². The molecule has 0 rings (SSSR count). The maximum Gasteiger partial charge on any atom is 0.334 e. The van der Waals surface area contributed by atoms with Gasteiger partial charge in [-0.05, 0) is 6.42 Å². The van der Waals surface area contributed by atoms with E-state index >= 15 is 0 Å². The molecule has 0 bridgehead atoms. The lowest BCUT2D eigenvalue weighted by molar-refractivity contribution is -0.146. The van der Waals surface area contributed by atoms with Gasteiger partial charge in [0.1, 0.15) is 0 Å². The first kappa shape index (κ1) is 13.9. The van der Waals surface area contributed by atoms with Gasteiger partial charge < -0.3 is 21.3 Å². The summed E-state index contributed by atoms with van der Waals surface area (Å²) in [5.41, 5.74) is 5.61. The Hall–Kier alpha value is -1.14. The molecular formula is C9H18N2O4. The number of aliphatic hydroxyl groups is 1. The molecule has 0 saturated heterocycles. The Labute approximate surface area is 88.5 Å². The number of nitrogens with one attached hydrogen (secondary N) is 1. The molecule has 0 aromatic rings. The number of aliphatic hydroxyl groups excluding tert-OH is 1. The van der Waals surface area contributed by atoms with Gasteiger partial charge in [0.2, 0.25) is 5.91 Å². The van der Waals surface area contributed by atoms with Gasteiger partial charge in [0.25, 0.3) is 0 Å². The highest BCUT2D eigenvalue weighted by atomic mass is 16.4. The van der Waals surface area contributed by atoms with Crippen molar-refractivity contribution >= 4 is 11.9 Å². The predicted molar refractivity (Wildman–Crippen MR) is 54.2 cm³/mol. The van der Waals surface area contributed by atoms with E-state index in [0.29, 0.717) is 0 Å². The number of rotatable bonds is 7. The summed E-state index contributed by atoms with van der Waals surface area (Å²) in [5.74, 6) is -1.69. The lowest BCUT2D eigenvalue weighted by atomic mass is 10.1. The van der Waals surface area contributed by atoms with Gasteiger partial charge in [0.05, 0.1) is 6.54 Å². The molecule has 2 atom stereocenters. The van der Waals surface area contributed by atoms with Crippen LogP contribution in [-0.2, 0) is 9.59 Å². The SMILES string of the molecule is CCCC(N)CC(=O)NC[C@H](O)C(=O)O. The normalized spacial score (nSPS) is 14.3. The van der Waals surface area contributed by atoms with Crippen LogP contribution < -0.4 is 11.1 Å². The third-order valence-corrected chi connectivity index (χ3v) is 1.88. The van der Waals surface area contributed by atoms with E-state index in [1.165, 1.54) is 0 Å². The minimum Gasteiger partial charge on any atom is -0.479 e. The lowest BCUT2D eigenvalue weighted by Gasteiger charge is -2.11. The fourth-order valence-electron chi connectivity index (χ4n) is 1.08. The van der Waals surface area contributed by atoms with Crippen molar-refractivity contribution in [3.8, 4) is 0 Å². The molecule has 1 amide bonds. The summed E-state index contributed by atoms with van der Waals surface area (Å²) in [4.78, 5) is 21.4. The molecule has 15 heavy (non-hydrogen) atoms. The van der Waals surface area contributed by atoms with Crippen molar-refractivity contribution in [3.63, 3.8) is 0 Å². The maximum absolute atomic E-state index is 11.2. The number of carbonyl (C=O) groups is 2. The Morgan fingerprint density at radius 2 is 2.07 bits per heavy atom. The summed E-state index contributed by atoms with van der Waals surface area (Å²) in [6, 6.07) is -0.211. The largest absolute Gasteiger partial charge is 0.479 e. The monoisotopic (exact) mass is 218 g/mol. The summed E-state index contributed by atoms with van der Waals surface area (Å²) in [6.45, 7) is 1.68. The van der Waals surface area contributed by atoms with E-state index in [2.05, 4.69) is 5.32 Å². The second kappa shape index (κ2) is 7.19. The van der Waals surface area contributed by atoms with Gasteiger partial charge in [0.15, 0.2) is 6.10 Å². The van der Waals surface area contributed by atoms with E-state index in [1.54, 1.807) is 0 Å². The molecular weight excluding hydrogens is 200 g/mol. The quantitative estimate of drug-likeness (QED) is 0.441. The fraction of sp³-hybridized carbons (Fsp3) is 0.778. The van der Waals surface area contributed by atoms with Crippen molar-refractivity contribution in [1.29, 1.82) is 0 Å². The van der Waals surface area contributed by atoms with Gasteiger partial charge in [-0.3, -0.25) is 4.79 Å². The number of carboxylic acid groups (broad SMARTS) is 1. The van der Waals surface area contributed by atoms with E-state index in [-0.39, 0.29) is 24.9 Å². The summed E-state index contributed by atoms with van der Waals surface area (Å²) in [6.07, 6.45) is 0.234. The minimum absolute atomic E-state index is 0.153. The average molecular weight is 218 g/mol. The third-order valence-electron chi connectivity index (χ3n) is 1.88. The van der Waals surface area contributed by atoms with E-state index in [4.69, 9.17) is 15.9 Å². The van der Waals surface area contributed by atoms with Gasteiger partial charge in [-0.1, -0.05) is 13.3 Å². The first-order chi connectivity index (χ1) is 6.97. The van der Waals surface area contributed by atoms with Gasteiger partial charge in [-0.25, -0.2) is 4.79 Å². The molecule has 0 spiro atoms. The Morgan fingerprint density at radius 3 is 2.53 bits per heavy atom. The molecule has 0 aliphatic heterocycles. The lowest BCUT2D eigenvalue weighted by Crippen LogP contribution is -2.38. The summed E-state index contributed by atoms with van der Waals surface area (Å²) >= 11 is 0. The zero-order chi connectivity index (χ0) is 11.8. The zero-order valence-electron chi connectivity index (χ0n) is 8.77. The summed E-state index contributed by atoms with van der Waals surface area (Å²) in [5, 5.41) is 19.5. The van der Waals surface area contributed by atoms with Crippen molar-refractivity contribution in [2.45, 2.75) is 38.3 Å². The van der Waals surface area contributed by atoms with Crippen molar-refractivity contribution in [2.75, 3.05) is 6.54 Å². The zero-order valence-corrected chi connectivity index (χ0v) is 8.77. The number of aliphatic carboxylic acids is 1. The van der Waals surface area contributed by atoms with Crippen LogP contribution in [0, 0.1) is 0 Å². The first-order valence-electron chi connectivity index (χ1n) is 4.90. The number of nitrogens with two attached hydrogens (primary N) is 1. The number of carbonyl (C=O) groups excluding carboxylic acids is 1. The molecule has 0 saturated carbocycles. The van der Waals surface area contributed by atoms with Gasteiger partial charge in [0, 0.05) is 12.5 Å². The second-order valence-electron chi connectivity index (χ2n) is 3.41. The van der Waals surface area contributed by atoms with Crippen LogP contribution in [0.5, 0.6) is 0 Å². The molecule has 0 aliphatic carbocycles. The van der Waals surface area contributed by atoms with E-state index < -0.39 is 12.1 Å². The van der Waals surface area contributed by atoms with Crippen LogP contribution >= 0.6 is 0 Å². The molecule has 0 fully saturated rings. The molecule has 0 radical (unpaired) electrons. The molecule has 1 unspecified atom stereocenters. The van der Waals surface area contributed by atoms with Crippen molar-refractivity contribution in [1.82, 2.24) is 5.32 Å². The highest BCUT2D eigenvalue weighted by molar-refractivity contribution is 5.78. The Bertz CT molecular complexity index is 220. The maximum atomic E-state index is 11.2. The van der Waals surface area contributed by atoms with Crippen LogP contribution in [0.1, 0.15) is 26.2 Å². The third kappa shape index (κ3) is 6.87. The van der Waals surface area contributed by atoms with Crippen LogP contribution in [0.4, 0.5) is 0 Å². The van der Waals surface area contributed by atoms with Crippen LogP contribution in [-0.4, -0.2) is 40.8 Å². The highest BCUT2D eigenvalue weighted by Gasteiger charge is 2.15. The first-order valence-corrected chi connectivity index (χ1v) is 4.90. The molecule has 0 aliphatic rings. The van der Waals surface area contributed by atoms with E-state index in [0.717, 1.165) is 12.8 Å². The van der Waals surface area contributed by atoms with Crippen molar-refractivity contribution in [2.24, 2.45) is 5.73 Å². The highest BCUT2D eigenvalue weighted by Crippen LogP contribution is 1.97. The summed E-state index contributed by atoms with van der Waals surface area (Å²) in [7, 11) is 0. The topological polar surface area (TPSA) is 113 Å². The van der Waals surface area contributed by atoms with Crippen molar-refractivity contribution in [3.05, 3.63) is 0 Å². The molecule has 6 heteroatoms. The number of carboxylic acids is 1. The number of hydrogen-bond acceptors (Lipinski definition) is 4. The predicted octanol–water partition coefficient (Wildman–Crippen LogP) is -0.934. The molecule has 0 heterocycles. The van der Waals surface area contributed by atoms with E-state index in [1.807, 2.05) is 6.92 Å². The van der Waals surface area contributed by atoms with Crippen molar-refractivity contribution < 1.29 is 19.8 Å². The summed E-state index contributed by atoms with van der Waals surface area (Å²) < 4.78 is 0. The second-order valence-corrected chi connectivity index (χ2v) is 3.41. The van der Waals surface area contributed by atoms with Crippen LogP contribution in [0.15, 0.2) is 0 Å². The van der Waals surface area contributed by atoms with Gasteiger partial charge in [-0.2, -0.15) is 0 Å². The average Bonchev–Trinajstić information content (AvgIpc) is 2.14. The standard InChI is InChI=1S/C9H18N2O4/c1-2-3-6(10)4-8(13)11-5-7(12)9(14)15/h6-7,12H,2-5,10H2,1H3,(H,11,13)(H,14,15)/t6?,7-/m0/s1. The molecule has 0 aromatic carbocycles. The molecule has 5 N–H and O–H groups in total. The molecule has 88 valence electrons. The smallest absolute Gasteiger partial charge is 0.334 e. The molecule has 0 aromatic heterocycles. The Kier molecular flexibility index (Phi) is 6.64. The Morgan fingerprint density at radius 1 is 1.47 bits per heavy atom. The van der Waals surface area contributed by atoms with Crippen LogP contribution in [0.3, 0.4) is 0 Å². The van der Waals surface area contributed by atoms with Gasteiger partial charge >= 0.3 is 5.97 Å². The van der Waals surface area contributed by atoms with Crippen LogP contribution in [0.25, 0.3) is 0 Å². The molecule has 6 nitrogen and oxygen atoms in total. The Balaban J connectivity index is 3.70.